The Bertz CT molecular complexity index is 1670. The minimum Gasteiger partial charge on any atom is -0.508 e. The lowest BCUT2D eigenvalue weighted by atomic mass is 9.89. The Kier molecular flexibility index (Phi) is 7.47. The number of nitrogens with zero attached hydrogens (tertiary/aromatic N) is 3. The van der Waals surface area contributed by atoms with Crippen molar-refractivity contribution in [1.82, 2.24) is 10.2 Å². The summed E-state index contributed by atoms with van der Waals surface area (Å²) in [5.74, 6) is -0.892. The summed E-state index contributed by atoms with van der Waals surface area (Å²) < 4.78 is 28.1. The largest absolute Gasteiger partial charge is 0.508 e. The van der Waals surface area contributed by atoms with E-state index in [1.54, 1.807) is 12.1 Å². The number of carbonyl (C=O) groups excluding carboxylic acids is 1. The molecule has 0 bridgehead atoms. The van der Waals surface area contributed by atoms with Crippen molar-refractivity contribution in [3.8, 4) is 16.9 Å². The minimum absolute atomic E-state index is 0.163. The fraction of sp³-hybridized carbons (Fsp3) is 0.235. The van der Waals surface area contributed by atoms with E-state index in [1.807, 2.05) is 49.4 Å². The van der Waals surface area contributed by atoms with Crippen LogP contribution in [0.2, 0.25) is 0 Å². The highest BCUT2D eigenvalue weighted by molar-refractivity contribution is 6.14. The van der Waals surface area contributed by atoms with Crippen molar-refractivity contribution in [1.29, 1.82) is 0 Å². The molecule has 0 atom stereocenters. The number of nitrogens with one attached hydrogen (secondary N) is 1. The van der Waals surface area contributed by atoms with Gasteiger partial charge in [-0.3, -0.25) is 9.79 Å². The Balaban J connectivity index is 1.28. The number of amidine groups is 1. The number of benzene rings is 4. The number of piperazine rings is 1. The summed E-state index contributed by atoms with van der Waals surface area (Å²) in [7, 11) is 2.12. The molecule has 2 aliphatic heterocycles. The molecule has 0 radical (unpaired) electrons. The highest BCUT2D eigenvalue weighted by atomic mass is 19.1. The Labute approximate surface area is 243 Å². The van der Waals surface area contributed by atoms with Crippen molar-refractivity contribution in [3.05, 3.63) is 118 Å². The smallest absolute Gasteiger partial charge is 0.256 e. The third-order valence-corrected chi connectivity index (χ3v) is 8.04. The predicted octanol–water partition coefficient (Wildman–Crippen LogP) is 5.68. The van der Waals surface area contributed by atoms with Gasteiger partial charge in [0.05, 0.1) is 6.54 Å². The standard InChI is InChI=1S/C34H32F2N4O2/c1-21-13-29(41)7-8-30(21)31-18-25-20-37-33(32(25)17-24(31)14-22-15-26(35)19-27(36)16-22)38-34(42)23-3-5-28(6-4-23)40-11-9-39(2)10-12-40/h3-8,13,15-19,41H,9-12,14,20H2,1-2H3,(H,37,38,42). The van der Waals surface area contributed by atoms with Crippen molar-refractivity contribution in [2.45, 2.75) is 19.9 Å². The SMILES string of the molecule is Cc1cc(O)ccc1-c1cc2c(cc1Cc1cc(F)cc(F)c1)C(NC(=O)c1ccc(N3CCN(C)CC3)cc1)=NC2. The van der Waals surface area contributed by atoms with Crippen molar-refractivity contribution < 1.29 is 18.7 Å². The number of fused-ring (bicyclic) bond motifs is 1. The van der Waals surface area contributed by atoms with E-state index in [1.165, 1.54) is 12.1 Å². The molecular weight excluding hydrogens is 534 g/mol. The van der Waals surface area contributed by atoms with E-state index < -0.39 is 11.6 Å². The van der Waals surface area contributed by atoms with Gasteiger partial charge in [-0.1, -0.05) is 6.07 Å². The first kappa shape index (κ1) is 27.6. The molecule has 0 aliphatic carbocycles. The van der Waals surface area contributed by atoms with Gasteiger partial charge in [-0.05, 0) is 114 Å². The van der Waals surface area contributed by atoms with Gasteiger partial charge in [0.15, 0.2) is 0 Å². The van der Waals surface area contributed by atoms with Crippen LogP contribution in [0.3, 0.4) is 0 Å². The number of hydrogen-bond acceptors (Lipinski definition) is 5. The number of rotatable bonds is 5. The van der Waals surface area contributed by atoms with Gasteiger partial charge < -0.3 is 20.2 Å². The van der Waals surface area contributed by atoms with Gasteiger partial charge in [0, 0.05) is 49.1 Å². The third kappa shape index (κ3) is 5.76. The van der Waals surface area contributed by atoms with Gasteiger partial charge in [-0.15, -0.1) is 0 Å². The zero-order valence-electron chi connectivity index (χ0n) is 23.6. The number of amides is 1. The number of aliphatic imine (C=N–C) groups is 1. The zero-order chi connectivity index (χ0) is 29.4. The molecule has 42 heavy (non-hydrogen) atoms. The molecule has 2 heterocycles. The highest BCUT2D eigenvalue weighted by Gasteiger charge is 2.23. The molecule has 6 nitrogen and oxygen atoms in total. The van der Waals surface area contributed by atoms with Crippen LogP contribution in [0.5, 0.6) is 5.75 Å². The molecule has 0 aromatic heterocycles. The Hall–Kier alpha value is -4.56. The highest BCUT2D eigenvalue weighted by Crippen LogP contribution is 2.35. The maximum absolute atomic E-state index is 14.1. The molecule has 1 amide bonds. The van der Waals surface area contributed by atoms with Crippen LogP contribution in [0, 0.1) is 18.6 Å². The first-order chi connectivity index (χ1) is 20.2. The van der Waals surface area contributed by atoms with Crippen LogP contribution in [0.4, 0.5) is 14.5 Å². The van der Waals surface area contributed by atoms with Gasteiger partial charge in [0.25, 0.3) is 5.91 Å². The summed E-state index contributed by atoms with van der Waals surface area (Å²) >= 11 is 0. The van der Waals surface area contributed by atoms with E-state index in [4.69, 9.17) is 0 Å². The number of phenols is 1. The molecule has 8 heteroatoms. The lowest BCUT2D eigenvalue weighted by Gasteiger charge is -2.34. The molecule has 2 N–H and O–H groups in total. The van der Waals surface area contributed by atoms with Crippen LogP contribution in [0.15, 0.2) is 77.8 Å². The Morgan fingerprint density at radius 1 is 0.881 bits per heavy atom. The summed E-state index contributed by atoms with van der Waals surface area (Å²) in [6.45, 7) is 6.21. The van der Waals surface area contributed by atoms with Crippen molar-refractivity contribution in [3.63, 3.8) is 0 Å². The monoisotopic (exact) mass is 566 g/mol. The second-order valence-corrected chi connectivity index (χ2v) is 11.1. The number of hydrogen-bond donors (Lipinski definition) is 2. The average molecular weight is 567 g/mol. The van der Waals surface area contributed by atoms with Crippen LogP contribution < -0.4 is 10.2 Å². The molecule has 6 rings (SSSR count). The Morgan fingerprint density at radius 3 is 2.29 bits per heavy atom. The maximum Gasteiger partial charge on any atom is 0.256 e. The molecule has 2 aliphatic rings. The number of likely N-dealkylation sites (N-methyl/N-ethyl adjacent to an activating group) is 1. The van der Waals surface area contributed by atoms with Crippen LogP contribution in [0.1, 0.15) is 38.2 Å². The van der Waals surface area contributed by atoms with Gasteiger partial charge in [0.2, 0.25) is 0 Å². The van der Waals surface area contributed by atoms with Crippen molar-refractivity contribution in [2.75, 3.05) is 38.1 Å². The summed E-state index contributed by atoms with van der Waals surface area (Å²) in [6.07, 6.45) is 0.270. The molecular formula is C34H32F2N4O2. The second kappa shape index (κ2) is 11.4. The van der Waals surface area contributed by atoms with Gasteiger partial charge in [0.1, 0.15) is 23.2 Å². The quantitative estimate of drug-likeness (QED) is 0.326. The molecule has 4 aromatic carbocycles. The van der Waals surface area contributed by atoms with E-state index in [0.717, 1.165) is 71.3 Å². The van der Waals surface area contributed by atoms with Crippen molar-refractivity contribution >= 4 is 17.4 Å². The number of phenolic OH excluding ortho intramolecular Hbond substituents is 1. The average Bonchev–Trinajstić information content (AvgIpc) is 3.34. The van der Waals surface area contributed by atoms with E-state index in [-0.39, 0.29) is 18.1 Å². The number of halogens is 2. The topological polar surface area (TPSA) is 68.2 Å². The predicted molar refractivity (Wildman–Crippen MR) is 161 cm³/mol. The summed E-state index contributed by atoms with van der Waals surface area (Å²) in [4.78, 5) is 22.5. The molecule has 214 valence electrons. The van der Waals surface area contributed by atoms with Gasteiger partial charge in [-0.2, -0.15) is 0 Å². The fourth-order valence-electron chi connectivity index (χ4n) is 5.74. The van der Waals surface area contributed by atoms with E-state index in [9.17, 15) is 18.7 Å². The first-order valence-electron chi connectivity index (χ1n) is 14.0. The lowest BCUT2D eigenvalue weighted by molar-refractivity contribution is 0.0977. The number of aromatic hydroxyl groups is 1. The summed E-state index contributed by atoms with van der Waals surface area (Å²) in [5, 5.41) is 12.9. The maximum atomic E-state index is 14.1. The summed E-state index contributed by atoms with van der Waals surface area (Å²) in [6, 6.07) is 20.2. The molecule has 4 aromatic rings. The van der Waals surface area contributed by atoms with Crippen molar-refractivity contribution in [2.24, 2.45) is 4.99 Å². The van der Waals surface area contributed by atoms with Crippen LogP contribution in [-0.2, 0) is 13.0 Å². The van der Waals surface area contributed by atoms with Gasteiger partial charge >= 0.3 is 0 Å². The molecule has 0 unspecified atom stereocenters. The number of carbonyl (C=O) groups is 1. The normalized spacial score (nSPS) is 15.0. The van der Waals surface area contributed by atoms with Crippen LogP contribution in [-0.4, -0.2) is 55.0 Å². The molecule has 1 fully saturated rings. The van der Waals surface area contributed by atoms with E-state index >= 15 is 0 Å². The zero-order valence-corrected chi connectivity index (χ0v) is 23.6. The fourth-order valence-corrected chi connectivity index (χ4v) is 5.74. The van der Waals surface area contributed by atoms with Crippen LogP contribution in [0.25, 0.3) is 11.1 Å². The molecule has 0 spiro atoms. The first-order valence-corrected chi connectivity index (χ1v) is 14.0. The summed E-state index contributed by atoms with van der Waals surface area (Å²) in [5.41, 5.74) is 7.33. The lowest BCUT2D eigenvalue weighted by Crippen LogP contribution is -2.44. The second-order valence-electron chi connectivity index (χ2n) is 11.1. The van der Waals surface area contributed by atoms with E-state index in [0.29, 0.717) is 23.5 Å². The minimum atomic E-state index is -0.637. The Morgan fingerprint density at radius 2 is 1.60 bits per heavy atom. The molecule has 1 saturated heterocycles. The van der Waals surface area contributed by atoms with Gasteiger partial charge in [-0.25, -0.2) is 8.78 Å². The molecule has 0 saturated carbocycles. The number of aryl methyl sites for hydroxylation is 1. The van der Waals surface area contributed by atoms with Crippen LogP contribution >= 0.6 is 0 Å². The van der Waals surface area contributed by atoms with E-state index in [2.05, 4.69) is 27.2 Å². The third-order valence-electron chi connectivity index (χ3n) is 8.04. The number of anilines is 1.